The molecule has 2 nitrogen and oxygen atoms in total. The molecule has 1 atom stereocenters. The first-order valence-electron chi connectivity index (χ1n) is 11.5. The monoisotopic (exact) mass is 444 g/mol. The normalized spacial score (nSPS) is 13.4. The third-order valence-electron chi connectivity index (χ3n) is 5.97. The van der Waals surface area contributed by atoms with Crippen LogP contribution in [0.4, 0.5) is 0 Å². The first kappa shape index (κ1) is 24.2. The summed E-state index contributed by atoms with van der Waals surface area (Å²) in [5, 5.41) is 2.65. The standard InChI is InChI=1S/C29H36O2Si/c1-29(2,3)32(27-18-10-6-11-19-27,28-20-12-7-13-21-28)31-24-14-17-26(30-4)23-22-25-15-8-5-9-16-25/h5-13,15-16,18-23,26H,14,17,24H2,1-4H3/b23-22+. The van der Waals surface area contributed by atoms with Gasteiger partial charge in [-0.3, -0.25) is 0 Å². The minimum atomic E-state index is -2.46. The first-order chi connectivity index (χ1) is 15.5. The highest BCUT2D eigenvalue weighted by Crippen LogP contribution is 2.36. The van der Waals surface area contributed by atoms with Gasteiger partial charge < -0.3 is 9.16 Å². The van der Waals surface area contributed by atoms with E-state index in [2.05, 4.69) is 118 Å². The summed E-state index contributed by atoms with van der Waals surface area (Å²) in [6.45, 7) is 7.67. The summed E-state index contributed by atoms with van der Waals surface area (Å²) < 4.78 is 12.7. The quantitative estimate of drug-likeness (QED) is 0.279. The molecule has 32 heavy (non-hydrogen) atoms. The Hall–Kier alpha value is -2.46. The van der Waals surface area contributed by atoms with Gasteiger partial charge in [0.1, 0.15) is 0 Å². The maximum absolute atomic E-state index is 6.98. The SMILES string of the molecule is COC(/C=C/c1ccccc1)CCCO[Si](c1ccccc1)(c1ccccc1)C(C)(C)C. The molecule has 0 spiro atoms. The van der Waals surface area contributed by atoms with Gasteiger partial charge in [-0.05, 0) is 33.8 Å². The zero-order valence-electron chi connectivity index (χ0n) is 19.8. The number of hydrogen-bond donors (Lipinski definition) is 0. The molecule has 0 amide bonds. The predicted molar refractivity (Wildman–Crippen MR) is 139 cm³/mol. The predicted octanol–water partition coefficient (Wildman–Crippen LogP) is 6.07. The molecular formula is C29H36O2Si. The van der Waals surface area contributed by atoms with Crippen molar-refractivity contribution in [1.82, 2.24) is 0 Å². The van der Waals surface area contributed by atoms with Crippen LogP contribution in [-0.2, 0) is 9.16 Å². The van der Waals surface area contributed by atoms with Crippen molar-refractivity contribution in [1.29, 1.82) is 0 Å². The Morgan fingerprint density at radius 2 is 1.28 bits per heavy atom. The van der Waals surface area contributed by atoms with Crippen molar-refractivity contribution in [2.45, 2.75) is 44.8 Å². The van der Waals surface area contributed by atoms with Gasteiger partial charge in [0, 0.05) is 13.7 Å². The van der Waals surface area contributed by atoms with Crippen LogP contribution in [0.25, 0.3) is 6.08 Å². The third kappa shape index (κ3) is 5.86. The average Bonchev–Trinajstić information content (AvgIpc) is 2.82. The molecule has 0 radical (unpaired) electrons. The highest BCUT2D eigenvalue weighted by molar-refractivity contribution is 6.99. The van der Waals surface area contributed by atoms with Gasteiger partial charge in [-0.15, -0.1) is 0 Å². The Morgan fingerprint density at radius 1 is 0.781 bits per heavy atom. The molecule has 0 saturated carbocycles. The molecule has 0 aliphatic carbocycles. The van der Waals surface area contributed by atoms with Crippen LogP contribution in [0.15, 0.2) is 97.1 Å². The molecule has 3 heteroatoms. The lowest BCUT2D eigenvalue weighted by atomic mass is 10.1. The van der Waals surface area contributed by atoms with Crippen LogP contribution in [0.1, 0.15) is 39.2 Å². The van der Waals surface area contributed by atoms with E-state index in [9.17, 15) is 0 Å². The number of methoxy groups -OCH3 is 1. The van der Waals surface area contributed by atoms with Crippen LogP contribution in [0.2, 0.25) is 5.04 Å². The molecule has 168 valence electrons. The first-order valence-corrected chi connectivity index (χ1v) is 13.4. The fraction of sp³-hybridized carbons (Fsp3) is 0.310. The number of benzene rings is 3. The highest BCUT2D eigenvalue weighted by Gasteiger charge is 2.49. The summed E-state index contributed by atoms with van der Waals surface area (Å²) in [6, 6.07) is 32.0. The Morgan fingerprint density at radius 3 is 1.75 bits per heavy atom. The molecule has 3 aromatic rings. The second-order valence-electron chi connectivity index (χ2n) is 9.20. The Kier molecular flexibility index (Phi) is 8.63. The van der Waals surface area contributed by atoms with E-state index in [0.717, 1.165) is 12.8 Å². The fourth-order valence-electron chi connectivity index (χ4n) is 4.35. The highest BCUT2D eigenvalue weighted by atomic mass is 28.4. The summed E-state index contributed by atoms with van der Waals surface area (Å²) in [5.41, 5.74) is 1.19. The van der Waals surface area contributed by atoms with Crippen molar-refractivity contribution in [2.24, 2.45) is 0 Å². The van der Waals surface area contributed by atoms with Gasteiger partial charge in [-0.1, -0.05) is 124 Å². The van der Waals surface area contributed by atoms with Gasteiger partial charge in [0.2, 0.25) is 0 Å². The molecular weight excluding hydrogens is 408 g/mol. The summed E-state index contributed by atoms with van der Waals surface area (Å²) in [5.74, 6) is 0. The van der Waals surface area contributed by atoms with E-state index < -0.39 is 8.32 Å². The molecule has 0 heterocycles. The van der Waals surface area contributed by atoms with E-state index in [1.54, 1.807) is 7.11 Å². The largest absolute Gasteiger partial charge is 0.407 e. The second-order valence-corrected chi connectivity index (χ2v) is 13.5. The van der Waals surface area contributed by atoms with E-state index in [1.807, 2.05) is 6.07 Å². The van der Waals surface area contributed by atoms with Crippen molar-refractivity contribution >= 4 is 24.8 Å². The third-order valence-corrected chi connectivity index (χ3v) is 11.0. The van der Waals surface area contributed by atoms with Crippen molar-refractivity contribution in [3.8, 4) is 0 Å². The van der Waals surface area contributed by atoms with E-state index >= 15 is 0 Å². The number of rotatable bonds is 10. The van der Waals surface area contributed by atoms with E-state index in [0.29, 0.717) is 6.61 Å². The molecule has 0 aromatic heterocycles. The van der Waals surface area contributed by atoms with E-state index in [1.165, 1.54) is 15.9 Å². The summed E-state index contributed by atoms with van der Waals surface area (Å²) in [4.78, 5) is 0. The molecule has 0 fully saturated rings. The number of ether oxygens (including phenoxy) is 1. The van der Waals surface area contributed by atoms with Gasteiger partial charge in [0.25, 0.3) is 8.32 Å². The van der Waals surface area contributed by atoms with Gasteiger partial charge in [-0.25, -0.2) is 0 Å². The van der Waals surface area contributed by atoms with Crippen LogP contribution in [0, 0.1) is 0 Å². The van der Waals surface area contributed by atoms with Crippen LogP contribution in [0.3, 0.4) is 0 Å². The molecule has 3 aromatic carbocycles. The Balaban J connectivity index is 1.75. The van der Waals surface area contributed by atoms with Crippen molar-refractivity contribution < 1.29 is 9.16 Å². The average molecular weight is 445 g/mol. The summed E-state index contributed by atoms with van der Waals surface area (Å²) in [7, 11) is -0.681. The maximum Gasteiger partial charge on any atom is 0.261 e. The molecule has 1 unspecified atom stereocenters. The van der Waals surface area contributed by atoms with Crippen LogP contribution in [0.5, 0.6) is 0 Å². The minimum Gasteiger partial charge on any atom is -0.407 e. The smallest absolute Gasteiger partial charge is 0.261 e. The minimum absolute atomic E-state index is 0.00355. The van der Waals surface area contributed by atoms with E-state index in [4.69, 9.17) is 9.16 Å². The molecule has 0 aliphatic rings. The fourth-order valence-corrected chi connectivity index (χ4v) is 8.95. The lowest BCUT2D eigenvalue weighted by Crippen LogP contribution is -2.66. The van der Waals surface area contributed by atoms with E-state index in [-0.39, 0.29) is 11.1 Å². The topological polar surface area (TPSA) is 18.5 Å². The van der Waals surface area contributed by atoms with Crippen LogP contribution >= 0.6 is 0 Å². The van der Waals surface area contributed by atoms with Gasteiger partial charge >= 0.3 is 0 Å². The van der Waals surface area contributed by atoms with Crippen LogP contribution in [-0.4, -0.2) is 28.1 Å². The second kappa shape index (κ2) is 11.4. The lowest BCUT2D eigenvalue weighted by Gasteiger charge is -2.43. The van der Waals surface area contributed by atoms with Gasteiger partial charge in [0.15, 0.2) is 0 Å². The maximum atomic E-state index is 6.98. The molecule has 0 N–H and O–H groups in total. The van der Waals surface area contributed by atoms with Crippen molar-refractivity contribution in [2.75, 3.05) is 13.7 Å². The Labute approximate surface area is 195 Å². The molecule has 0 bridgehead atoms. The van der Waals surface area contributed by atoms with Gasteiger partial charge in [0.05, 0.1) is 6.10 Å². The molecule has 0 aliphatic heterocycles. The van der Waals surface area contributed by atoms with Gasteiger partial charge in [-0.2, -0.15) is 0 Å². The molecule has 0 saturated heterocycles. The zero-order valence-corrected chi connectivity index (χ0v) is 20.8. The summed E-state index contributed by atoms with van der Waals surface area (Å²) in [6.07, 6.45) is 6.24. The van der Waals surface area contributed by atoms with Crippen molar-refractivity contribution in [3.63, 3.8) is 0 Å². The Bertz CT molecular complexity index is 907. The summed E-state index contributed by atoms with van der Waals surface area (Å²) >= 11 is 0. The number of hydrogen-bond acceptors (Lipinski definition) is 2. The van der Waals surface area contributed by atoms with Crippen LogP contribution < -0.4 is 10.4 Å². The lowest BCUT2D eigenvalue weighted by molar-refractivity contribution is 0.126. The molecule has 3 rings (SSSR count). The zero-order chi connectivity index (χ0) is 22.9. The van der Waals surface area contributed by atoms with Crippen molar-refractivity contribution in [3.05, 3.63) is 103 Å².